The van der Waals surface area contributed by atoms with Crippen molar-refractivity contribution >= 4 is 23.6 Å². The monoisotopic (exact) mass is 345 g/mol. The maximum Gasteiger partial charge on any atom is 0.329 e. The number of carbonyl (C=O) groups is 1. The summed E-state index contributed by atoms with van der Waals surface area (Å²) in [4.78, 5) is 11.8. The van der Waals surface area contributed by atoms with Crippen LogP contribution in [0.25, 0.3) is 0 Å². The van der Waals surface area contributed by atoms with Crippen LogP contribution in [-0.4, -0.2) is 37.4 Å². The summed E-state index contributed by atoms with van der Waals surface area (Å²) in [6.07, 6.45) is 0.846. The molecule has 0 saturated carbocycles. The summed E-state index contributed by atoms with van der Waals surface area (Å²) in [5, 5.41) is 8.76. The highest BCUT2D eigenvalue weighted by Gasteiger charge is 2.30. The number of anilines is 1. The first-order valence-corrected chi connectivity index (χ1v) is 8.43. The predicted octanol–water partition coefficient (Wildman–Crippen LogP) is 3.23. The van der Waals surface area contributed by atoms with Gasteiger partial charge in [0, 0.05) is 4.90 Å². The minimum atomic E-state index is -0.945. The van der Waals surface area contributed by atoms with Gasteiger partial charge in [0.1, 0.15) is 12.4 Å². The van der Waals surface area contributed by atoms with Crippen molar-refractivity contribution in [2.24, 2.45) is 0 Å². The molecule has 1 aliphatic heterocycles. The van der Waals surface area contributed by atoms with E-state index in [1.165, 1.54) is 5.56 Å². The van der Waals surface area contributed by atoms with Gasteiger partial charge in [-0.15, -0.1) is 0 Å². The molecule has 126 valence electrons. The van der Waals surface area contributed by atoms with Crippen molar-refractivity contribution < 1.29 is 19.4 Å². The third kappa shape index (κ3) is 3.83. The van der Waals surface area contributed by atoms with E-state index < -0.39 is 5.97 Å². The number of carboxylic acids is 1. The van der Waals surface area contributed by atoms with Crippen LogP contribution in [-0.2, 0) is 16.0 Å². The Hall–Kier alpha value is -2.18. The van der Waals surface area contributed by atoms with E-state index in [9.17, 15) is 4.79 Å². The van der Waals surface area contributed by atoms with Crippen molar-refractivity contribution in [1.29, 1.82) is 0 Å². The Morgan fingerprint density at radius 3 is 2.71 bits per heavy atom. The molecule has 0 saturated heterocycles. The molecule has 2 aromatic carbocycles. The summed E-state index contributed by atoms with van der Waals surface area (Å²) in [5.74, 6) is -0.123. The van der Waals surface area contributed by atoms with Gasteiger partial charge >= 0.3 is 5.97 Å². The molecule has 1 unspecified atom stereocenters. The summed E-state index contributed by atoms with van der Waals surface area (Å²) in [7, 11) is 1.65. The van der Waals surface area contributed by atoms with Gasteiger partial charge in [0.2, 0.25) is 0 Å². The topological polar surface area (TPSA) is 59.0 Å². The van der Waals surface area contributed by atoms with Crippen LogP contribution in [0, 0.1) is 0 Å². The number of aliphatic carboxylic acids is 1. The number of hydrogen-bond acceptors (Lipinski definition) is 5. The smallest absolute Gasteiger partial charge is 0.329 e. The van der Waals surface area contributed by atoms with E-state index in [2.05, 4.69) is 16.4 Å². The third-order valence-electron chi connectivity index (χ3n) is 3.82. The molecule has 1 atom stereocenters. The molecule has 3 rings (SSSR count). The lowest BCUT2D eigenvalue weighted by molar-refractivity contribution is -0.142. The Morgan fingerprint density at radius 2 is 2.00 bits per heavy atom. The highest BCUT2D eigenvalue weighted by Crippen LogP contribution is 2.40. The lowest BCUT2D eigenvalue weighted by atomic mass is 10.1. The fourth-order valence-electron chi connectivity index (χ4n) is 2.71. The molecule has 1 N–H and O–H groups in total. The van der Waals surface area contributed by atoms with Crippen molar-refractivity contribution in [2.75, 3.05) is 24.6 Å². The zero-order valence-corrected chi connectivity index (χ0v) is 14.2. The largest absolute Gasteiger partial charge is 0.497 e. The minimum absolute atomic E-state index is 0.105. The number of benzene rings is 2. The second-order valence-electron chi connectivity index (χ2n) is 5.49. The third-order valence-corrected chi connectivity index (χ3v) is 4.99. The summed E-state index contributed by atoms with van der Waals surface area (Å²) < 4.78 is 12.7. The summed E-state index contributed by atoms with van der Waals surface area (Å²) in [5.41, 5.74) is 2.41. The quantitative estimate of drug-likeness (QED) is 0.778. The Morgan fingerprint density at radius 1 is 1.25 bits per heavy atom. The molecule has 0 aromatic heterocycles. The van der Waals surface area contributed by atoms with Crippen LogP contribution in [0.2, 0.25) is 0 Å². The van der Waals surface area contributed by atoms with E-state index in [0.717, 1.165) is 22.8 Å². The number of methoxy groups -OCH3 is 1. The zero-order chi connectivity index (χ0) is 16.9. The molecule has 6 heteroatoms. The van der Waals surface area contributed by atoms with Crippen LogP contribution in [0.5, 0.6) is 5.75 Å². The second-order valence-corrected chi connectivity index (χ2v) is 6.54. The lowest BCUT2D eigenvalue weighted by Gasteiger charge is -2.26. The molecule has 0 fully saturated rings. The molecule has 1 aliphatic rings. The molecule has 2 aromatic rings. The average Bonchev–Trinajstić information content (AvgIpc) is 2.93. The number of hydrogen-bond donors (Lipinski definition) is 1. The Kier molecular flexibility index (Phi) is 5.27. The number of nitrogens with zero attached hydrogens (tertiary/aromatic N) is 1. The summed E-state index contributed by atoms with van der Waals surface area (Å²) in [6.45, 7) is 0.109. The maximum absolute atomic E-state index is 10.7. The standard InChI is InChI=1S/C18H19NO4S/c1-22-15-6-8-16(9-7-15)24-19-14(11-23-12-18(20)21)10-13-4-2-3-5-17(13)19/h2-9,14H,10-12H2,1H3,(H,20,21). The molecule has 0 amide bonds. The van der Waals surface area contributed by atoms with Crippen LogP contribution in [0.1, 0.15) is 5.56 Å². The van der Waals surface area contributed by atoms with E-state index in [-0.39, 0.29) is 12.6 Å². The Labute approximate surface area is 145 Å². The van der Waals surface area contributed by atoms with E-state index in [4.69, 9.17) is 14.6 Å². The van der Waals surface area contributed by atoms with Gasteiger partial charge in [0.05, 0.1) is 25.4 Å². The van der Waals surface area contributed by atoms with Gasteiger partial charge in [0.15, 0.2) is 0 Å². The number of carboxylic acid groups (broad SMARTS) is 1. The molecule has 0 bridgehead atoms. The highest BCUT2D eigenvalue weighted by atomic mass is 32.2. The van der Waals surface area contributed by atoms with E-state index in [1.54, 1.807) is 19.1 Å². The zero-order valence-electron chi connectivity index (χ0n) is 13.3. The maximum atomic E-state index is 10.7. The molecule has 5 nitrogen and oxygen atoms in total. The highest BCUT2D eigenvalue weighted by molar-refractivity contribution is 8.00. The first-order chi connectivity index (χ1) is 11.7. The van der Waals surface area contributed by atoms with Gasteiger partial charge in [-0.1, -0.05) is 18.2 Å². The molecular weight excluding hydrogens is 326 g/mol. The van der Waals surface area contributed by atoms with Gasteiger partial charge in [-0.05, 0) is 54.3 Å². The lowest BCUT2D eigenvalue weighted by Crippen LogP contribution is -2.31. The molecule has 0 aliphatic carbocycles. The SMILES string of the molecule is COc1ccc(SN2c3ccccc3CC2COCC(=O)O)cc1. The van der Waals surface area contributed by atoms with Crippen molar-refractivity contribution in [3.05, 3.63) is 54.1 Å². The first kappa shape index (κ1) is 16.7. The molecule has 1 heterocycles. The summed E-state index contributed by atoms with van der Waals surface area (Å²) >= 11 is 1.63. The van der Waals surface area contributed by atoms with E-state index in [1.807, 2.05) is 36.4 Å². The van der Waals surface area contributed by atoms with Gasteiger partial charge in [-0.3, -0.25) is 0 Å². The molecule has 24 heavy (non-hydrogen) atoms. The Balaban J connectivity index is 1.75. The predicted molar refractivity (Wildman–Crippen MR) is 93.7 cm³/mol. The summed E-state index contributed by atoms with van der Waals surface area (Å²) in [6, 6.07) is 16.2. The molecular formula is C18H19NO4S. The average molecular weight is 345 g/mol. The van der Waals surface area contributed by atoms with Crippen molar-refractivity contribution in [3.63, 3.8) is 0 Å². The van der Waals surface area contributed by atoms with Gasteiger partial charge in [-0.25, -0.2) is 4.79 Å². The van der Waals surface area contributed by atoms with Crippen LogP contribution in [0.4, 0.5) is 5.69 Å². The second kappa shape index (κ2) is 7.59. The van der Waals surface area contributed by atoms with Gasteiger partial charge in [0.25, 0.3) is 0 Å². The number of para-hydroxylation sites is 1. The van der Waals surface area contributed by atoms with Crippen LogP contribution >= 0.6 is 11.9 Å². The van der Waals surface area contributed by atoms with Gasteiger partial charge in [-0.2, -0.15) is 0 Å². The van der Waals surface area contributed by atoms with Crippen LogP contribution in [0.3, 0.4) is 0 Å². The Bertz CT molecular complexity index is 704. The molecule has 0 spiro atoms. The van der Waals surface area contributed by atoms with Crippen molar-refractivity contribution in [3.8, 4) is 5.75 Å². The minimum Gasteiger partial charge on any atom is -0.497 e. The van der Waals surface area contributed by atoms with E-state index in [0.29, 0.717) is 6.61 Å². The number of ether oxygens (including phenoxy) is 2. The number of fused-ring (bicyclic) bond motifs is 1. The first-order valence-electron chi connectivity index (χ1n) is 7.66. The van der Waals surface area contributed by atoms with Crippen molar-refractivity contribution in [1.82, 2.24) is 0 Å². The number of rotatable bonds is 7. The molecule has 0 radical (unpaired) electrons. The normalized spacial score (nSPS) is 16.0. The fourth-order valence-corrected chi connectivity index (χ4v) is 3.76. The van der Waals surface area contributed by atoms with E-state index >= 15 is 0 Å². The van der Waals surface area contributed by atoms with Gasteiger partial charge < -0.3 is 18.9 Å². The van der Waals surface area contributed by atoms with Crippen LogP contribution < -0.4 is 9.04 Å². The fraction of sp³-hybridized carbons (Fsp3) is 0.278. The van der Waals surface area contributed by atoms with Crippen LogP contribution in [0.15, 0.2) is 53.4 Å². The van der Waals surface area contributed by atoms with Crippen molar-refractivity contribution in [2.45, 2.75) is 17.4 Å².